The Morgan fingerprint density at radius 3 is 2.79 bits per heavy atom. The van der Waals surface area contributed by atoms with E-state index in [4.69, 9.17) is 4.74 Å². The molecule has 2 unspecified atom stereocenters. The smallest absolute Gasteiger partial charge is 0.292 e. The fourth-order valence-corrected chi connectivity index (χ4v) is 5.73. The van der Waals surface area contributed by atoms with Crippen molar-refractivity contribution in [2.24, 2.45) is 0 Å². The van der Waals surface area contributed by atoms with E-state index in [0.717, 1.165) is 31.1 Å². The summed E-state index contributed by atoms with van der Waals surface area (Å²) < 4.78 is 34.1. The summed E-state index contributed by atoms with van der Waals surface area (Å²) in [5.41, 5.74) is 3.62. The third kappa shape index (κ3) is 5.21. The van der Waals surface area contributed by atoms with E-state index < -0.39 is 16.6 Å². The second-order valence-corrected chi connectivity index (χ2v) is 10.2. The summed E-state index contributed by atoms with van der Waals surface area (Å²) in [5, 5.41) is 26.0. The van der Waals surface area contributed by atoms with Crippen molar-refractivity contribution in [1.29, 1.82) is 0 Å². The van der Waals surface area contributed by atoms with Crippen LogP contribution in [-0.4, -0.2) is 53.3 Å². The molecule has 0 amide bonds. The number of nitrogens with zero attached hydrogens (tertiary/aromatic N) is 2. The largest absolute Gasteiger partial charge is 0.508 e. The van der Waals surface area contributed by atoms with Gasteiger partial charge in [0.2, 0.25) is 0 Å². The van der Waals surface area contributed by atoms with E-state index >= 15 is 0 Å². The van der Waals surface area contributed by atoms with Crippen molar-refractivity contribution < 1.29 is 23.5 Å². The number of hydrogen-bond acceptors (Lipinski definition) is 6. The molecule has 7 nitrogen and oxygen atoms in total. The number of nitrogens with one attached hydrogen (secondary N) is 1. The van der Waals surface area contributed by atoms with Gasteiger partial charge in [-0.3, -0.25) is 15.0 Å². The first-order chi connectivity index (χ1) is 18.2. The number of hydrogen-bond donors (Lipinski definition) is 2. The molecule has 0 aromatic heterocycles. The number of aryl methyl sites for hydroxylation is 1. The number of rotatable bonds is 6. The van der Waals surface area contributed by atoms with Crippen molar-refractivity contribution in [2.75, 3.05) is 31.6 Å². The molecule has 0 saturated carbocycles. The molecule has 0 bridgehead atoms. The van der Waals surface area contributed by atoms with Crippen molar-refractivity contribution in [3.05, 3.63) is 91.8 Å². The highest BCUT2D eigenvalue weighted by atomic mass is 19.1. The molecule has 2 fully saturated rings. The highest BCUT2D eigenvalue weighted by molar-refractivity contribution is 5.94. The van der Waals surface area contributed by atoms with Gasteiger partial charge < -0.3 is 15.2 Å². The van der Waals surface area contributed by atoms with Crippen LogP contribution in [0.15, 0.2) is 53.6 Å². The molecule has 2 aromatic carbocycles. The number of anilines is 1. The fourth-order valence-electron chi connectivity index (χ4n) is 5.73. The van der Waals surface area contributed by atoms with Gasteiger partial charge >= 0.3 is 0 Å². The van der Waals surface area contributed by atoms with Gasteiger partial charge in [-0.1, -0.05) is 12.1 Å². The quantitative estimate of drug-likeness (QED) is 0.265. The van der Waals surface area contributed by atoms with E-state index in [2.05, 4.69) is 10.2 Å². The Hall–Kier alpha value is -3.56. The van der Waals surface area contributed by atoms with E-state index in [1.54, 1.807) is 31.2 Å². The highest BCUT2D eigenvalue weighted by Gasteiger charge is 2.35. The van der Waals surface area contributed by atoms with Gasteiger partial charge in [-0.25, -0.2) is 8.78 Å². The van der Waals surface area contributed by atoms with Crippen molar-refractivity contribution in [3.63, 3.8) is 0 Å². The molecule has 2 atom stereocenters. The summed E-state index contributed by atoms with van der Waals surface area (Å²) in [6, 6.07) is 8.36. The minimum atomic E-state index is -0.431. The molecule has 0 spiro atoms. The zero-order valence-electron chi connectivity index (χ0n) is 21.5. The molecule has 5 rings (SSSR count). The second kappa shape index (κ2) is 10.7. The standard InChI is InChI=1S/C29H31F2N3O4/c1-17-3-7-25(31)18(2)29(17)24(23-6-5-20(30)13-28(23)35)11-19-4-8-26(27(12-19)34(36)37)32-21-14-22-16-38-10-9-33(22)15-21/h3-4,7-8,11-13,21-22,32,35H,5-6,9-10,14-16H2,1-2H3/b24-11-. The summed E-state index contributed by atoms with van der Waals surface area (Å²) in [6.07, 6.45) is 3.96. The summed E-state index contributed by atoms with van der Waals surface area (Å²) >= 11 is 0. The summed E-state index contributed by atoms with van der Waals surface area (Å²) in [6.45, 7) is 6.52. The first-order valence-corrected chi connectivity index (χ1v) is 12.8. The van der Waals surface area contributed by atoms with E-state index in [-0.39, 0.29) is 30.3 Å². The Labute approximate surface area is 220 Å². The molecular formula is C29H31F2N3O4. The Bertz CT molecular complexity index is 1350. The first-order valence-electron chi connectivity index (χ1n) is 12.8. The topological polar surface area (TPSA) is 87.9 Å². The van der Waals surface area contributed by atoms with Crippen LogP contribution in [0.1, 0.15) is 41.5 Å². The molecule has 2 heterocycles. The predicted molar refractivity (Wildman–Crippen MR) is 143 cm³/mol. The average molecular weight is 524 g/mol. The molecule has 2 aromatic rings. The lowest BCUT2D eigenvalue weighted by Gasteiger charge is -2.28. The molecule has 2 saturated heterocycles. The van der Waals surface area contributed by atoms with E-state index in [1.165, 1.54) is 12.1 Å². The lowest BCUT2D eigenvalue weighted by atomic mass is 9.85. The van der Waals surface area contributed by atoms with Gasteiger partial charge in [0.25, 0.3) is 5.69 Å². The lowest BCUT2D eigenvalue weighted by Crippen LogP contribution is -2.40. The third-order valence-corrected chi connectivity index (χ3v) is 7.67. The normalized spacial score (nSPS) is 22.3. The average Bonchev–Trinajstić information content (AvgIpc) is 3.29. The number of nitro groups is 1. The van der Waals surface area contributed by atoms with Crippen LogP contribution >= 0.6 is 0 Å². The van der Waals surface area contributed by atoms with Crippen LogP contribution in [-0.2, 0) is 4.74 Å². The molecule has 38 heavy (non-hydrogen) atoms. The zero-order valence-corrected chi connectivity index (χ0v) is 21.5. The Balaban J connectivity index is 1.54. The van der Waals surface area contributed by atoms with Gasteiger partial charge in [0.05, 0.1) is 18.1 Å². The fraction of sp³-hybridized carbons (Fsp3) is 0.379. The summed E-state index contributed by atoms with van der Waals surface area (Å²) in [5.74, 6) is -1.06. The molecule has 0 radical (unpaired) electrons. The number of nitro benzene ring substituents is 1. The molecule has 2 aliphatic heterocycles. The minimum absolute atomic E-state index is 0.0697. The number of aliphatic hydroxyl groups excluding tert-OH is 1. The van der Waals surface area contributed by atoms with Crippen molar-refractivity contribution in [1.82, 2.24) is 4.90 Å². The maximum absolute atomic E-state index is 14.6. The molecular weight excluding hydrogens is 492 g/mol. The number of aliphatic hydroxyl groups is 1. The van der Waals surface area contributed by atoms with Crippen molar-refractivity contribution in [3.8, 4) is 0 Å². The Morgan fingerprint density at radius 1 is 1.24 bits per heavy atom. The number of halogens is 2. The van der Waals surface area contributed by atoms with Crippen LogP contribution < -0.4 is 5.32 Å². The molecule has 9 heteroatoms. The number of ether oxygens (including phenoxy) is 1. The number of fused-ring (bicyclic) bond motifs is 1. The molecule has 200 valence electrons. The van der Waals surface area contributed by atoms with Gasteiger partial charge in [0.1, 0.15) is 23.1 Å². The van der Waals surface area contributed by atoms with Crippen LogP contribution in [0.2, 0.25) is 0 Å². The highest BCUT2D eigenvalue weighted by Crippen LogP contribution is 2.39. The van der Waals surface area contributed by atoms with Crippen LogP contribution in [0.3, 0.4) is 0 Å². The first kappa shape index (κ1) is 26.1. The van der Waals surface area contributed by atoms with Gasteiger partial charge in [-0.05, 0) is 72.7 Å². The monoisotopic (exact) mass is 523 g/mol. The predicted octanol–water partition coefficient (Wildman–Crippen LogP) is 6.24. The van der Waals surface area contributed by atoms with Gasteiger partial charge in [-0.2, -0.15) is 0 Å². The number of benzene rings is 2. The van der Waals surface area contributed by atoms with Gasteiger partial charge in [0.15, 0.2) is 0 Å². The minimum Gasteiger partial charge on any atom is -0.508 e. The molecule has 1 aliphatic carbocycles. The summed E-state index contributed by atoms with van der Waals surface area (Å²) in [7, 11) is 0. The van der Waals surface area contributed by atoms with Gasteiger partial charge in [0, 0.05) is 49.3 Å². The van der Waals surface area contributed by atoms with E-state index in [9.17, 15) is 24.0 Å². The maximum atomic E-state index is 14.6. The summed E-state index contributed by atoms with van der Waals surface area (Å²) in [4.78, 5) is 14.0. The lowest BCUT2D eigenvalue weighted by molar-refractivity contribution is -0.384. The number of allylic oxidation sites excluding steroid dienone is 4. The van der Waals surface area contributed by atoms with Crippen LogP contribution in [0.4, 0.5) is 20.2 Å². The Kier molecular flexibility index (Phi) is 7.32. The number of morpholine rings is 1. The maximum Gasteiger partial charge on any atom is 0.292 e. The molecule has 2 N–H and O–H groups in total. The van der Waals surface area contributed by atoms with E-state index in [1.807, 2.05) is 6.92 Å². The second-order valence-electron chi connectivity index (χ2n) is 10.2. The molecule has 3 aliphatic rings. The van der Waals surface area contributed by atoms with Crippen molar-refractivity contribution >= 4 is 23.0 Å². The van der Waals surface area contributed by atoms with Crippen LogP contribution in [0.25, 0.3) is 11.6 Å². The van der Waals surface area contributed by atoms with E-state index in [0.29, 0.717) is 52.8 Å². The Morgan fingerprint density at radius 2 is 2.05 bits per heavy atom. The third-order valence-electron chi connectivity index (χ3n) is 7.67. The van der Waals surface area contributed by atoms with Crippen LogP contribution in [0, 0.1) is 29.8 Å². The van der Waals surface area contributed by atoms with Crippen LogP contribution in [0.5, 0.6) is 0 Å². The zero-order chi connectivity index (χ0) is 27.0. The SMILES string of the molecule is Cc1ccc(F)c(C)c1/C(=C\c1ccc(NC2CC3COCCN3C2)c([N+](=O)[O-])c1)C1=C(O)C=C(F)CC1. The van der Waals surface area contributed by atoms with Crippen molar-refractivity contribution in [2.45, 2.75) is 45.2 Å². The van der Waals surface area contributed by atoms with Gasteiger partial charge in [-0.15, -0.1) is 0 Å².